The molecule has 1 aliphatic carbocycles. The van der Waals surface area contributed by atoms with Gasteiger partial charge in [0, 0.05) is 47.2 Å². The van der Waals surface area contributed by atoms with Crippen molar-refractivity contribution >= 4 is 54.3 Å². The van der Waals surface area contributed by atoms with Gasteiger partial charge in [-0.1, -0.05) is 30.3 Å². The van der Waals surface area contributed by atoms with E-state index in [1.807, 2.05) is 85.9 Å². The molecule has 0 radical (unpaired) electrons. The maximum Gasteiger partial charge on any atom is 1.00 e. The van der Waals surface area contributed by atoms with Gasteiger partial charge in [0.15, 0.2) is 5.71 Å². The molecule has 9 nitrogen and oxygen atoms in total. The van der Waals surface area contributed by atoms with Crippen molar-refractivity contribution < 1.29 is 60.1 Å². The zero-order valence-electron chi connectivity index (χ0n) is 28.0. The second kappa shape index (κ2) is 15.8. The van der Waals surface area contributed by atoms with Crippen LogP contribution in [0.25, 0.3) is 5.57 Å². The van der Waals surface area contributed by atoms with Crippen molar-refractivity contribution in [2.45, 2.75) is 23.6 Å². The van der Waals surface area contributed by atoms with E-state index in [0.717, 1.165) is 39.4 Å². The van der Waals surface area contributed by atoms with Gasteiger partial charge in [-0.15, -0.1) is 6.07 Å². The minimum atomic E-state index is -4.60. The van der Waals surface area contributed by atoms with Gasteiger partial charge in [0.25, 0.3) is 10.1 Å². The molecular formula is C37H36N3NaO6S2. The van der Waals surface area contributed by atoms with Crippen LogP contribution in [0, 0.1) is 6.07 Å². The first kappa shape index (κ1) is 38.0. The molecule has 0 atom stereocenters. The molecule has 0 aromatic heterocycles. The molecule has 0 amide bonds. The van der Waals surface area contributed by atoms with Crippen LogP contribution < -0.4 is 39.4 Å². The second-order valence-corrected chi connectivity index (χ2v) is 13.9. The van der Waals surface area contributed by atoms with Gasteiger partial charge in [0.1, 0.15) is 24.2 Å². The first-order valence-electron chi connectivity index (χ1n) is 15.3. The quantitative estimate of drug-likeness (QED) is 0.115. The van der Waals surface area contributed by atoms with Crippen LogP contribution in [0.5, 0.6) is 0 Å². The molecule has 0 heterocycles. The van der Waals surface area contributed by atoms with Crippen LogP contribution in [0.2, 0.25) is 0 Å². The third-order valence-corrected chi connectivity index (χ3v) is 9.68. The molecule has 0 aliphatic heterocycles. The first-order chi connectivity index (χ1) is 22.8. The van der Waals surface area contributed by atoms with E-state index in [9.17, 15) is 25.9 Å². The van der Waals surface area contributed by atoms with Crippen molar-refractivity contribution in [2.75, 3.05) is 37.0 Å². The molecule has 0 spiro atoms. The van der Waals surface area contributed by atoms with Crippen molar-refractivity contribution in [3.8, 4) is 0 Å². The van der Waals surface area contributed by atoms with E-state index in [0.29, 0.717) is 24.5 Å². The fourth-order valence-corrected chi connectivity index (χ4v) is 6.86. The number of benzene rings is 4. The largest absolute Gasteiger partial charge is 1.00 e. The van der Waals surface area contributed by atoms with Crippen molar-refractivity contribution in [1.29, 1.82) is 0 Å². The Morgan fingerprint density at radius 2 is 1.31 bits per heavy atom. The van der Waals surface area contributed by atoms with Crippen LogP contribution >= 0.6 is 0 Å². The molecule has 248 valence electrons. The number of hydrogen-bond donors (Lipinski definition) is 1. The Balaban J connectivity index is 0.00000541. The Labute approximate surface area is 311 Å². The SMILES string of the molecule is CCN(c1ccc(C(=C2C=CC(=[N+](C)C)C=C2)c2ccc(N(CC)c3ccc[c-]c3S(=O)(=O)O)cc2)cc1)c1cccc(S(=O)(=O)[O-])c1.[Na+]. The summed E-state index contributed by atoms with van der Waals surface area (Å²) in [4.78, 5) is 3.17. The second-order valence-electron chi connectivity index (χ2n) is 11.2. The zero-order valence-corrected chi connectivity index (χ0v) is 31.7. The summed E-state index contributed by atoms with van der Waals surface area (Å²) in [5.41, 5.74) is 7.36. The normalized spacial score (nSPS) is 12.8. The molecule has 0 saturated heterocycles. The Morgan fingerprint density at radius 1 is 0.755 bits per heavy atom. The third kappa shape index (κ3) is 8.68. The van der Waals surface area contributed by atoms with Crippen LogP contribution in [0.4, 0.5) is 22.7 Å². The number of allylic oxidation sites excluding steroid dienone is 5. The number of nitrogens with zero attached hydrogens (tertiary/aromatic N) is 3. The maximum absolute atomic E-state index is 12.1. The molecular weight excluding hydrogens is 670 g/mol. The number of rotatable bonds is 10. The van der Waals surface area contributed by atoms with E-state index in [-0.39, 0.29) is 39.3 Å². The fraction of sp³-hybridized carbons (Fsp3) is 0.162. The summed E-state index contributed by atoms with van der Waals surface area (Å²) in [6, 6.07) is 29.1. The monoisotopic (exact) mass is 705 g/mol. The van der Waals surface area contributed by atoms with E-state index in [2.05, 4.69) is 30.4 Å². The van der Waals surface area contributed by atoms with E-state index in [1.165, 1.54) is 18.2 Å². The summed E-state index contributed by atoms with van der Waals surface area (Å²) in [5.74, 6) is 0. The topological polar surface area (TPSA) is 121 Å². The van der Waals surface area contributed by atoms with Crippen molar-refractivity contribution in [3.63, 3.8) is 0 Å². The first-order valence-corrected chi connectivity index (χ1v) is 18.1. The van der Waals surface area contributed by atoms with Crippen LogP contribution in [0.1, 0.15) is 25.0 Å². The van der Waals surface area contributed by atoms with Gasteiger partial charge < -0.3 is 14.4 Å². The maximum atomic E-state index is 12.1. The number of anilines is 4. The van der Waals surface area contributed by atoms with Gasteiger partial charge in [0.05, 0.1) is 4.90 Å². The van der Waals surface area contributed by atoms with E-state index < -0.39 is 20.2 Å². The zero-order chi connectivity index (χ0) is 34.6. The molecule has 0 unspecified atom stereocenters. The van der Waals surface area contributed by atoms with Gasteiger partial charge in [-0.3, -0.25) is 4.55 Å². The summed E-state index contributed by atoms with van der Waals surface area (Å²) in [5, 5.41) is 0. The minimum absolute atomic E-state index is 0. The van der Waals surface area contributed by atoms with Gasteiger partial charge in [-0.25, -0.2) is 13.0 Å². The van der Waals surface area contributed by atoms with Crippen LogP contribution in [-0.4, -0.2) is 63.4 Å². The smallest absolute Gasteiger partial charge is 0.744 e. The molecule has 0 saturated carbocycles. The number of hydrogen-bond acceptors (Lipinski definition) is 7. The molecule has 12 heteroatoms. The minimum Gasteiger partial charge on any atom is -0.744 e. The Morgan fingerprint density at radius 3 is 1.80 bits per heavy atom. The predicted octanol–water partition coefficient (Wildman–Crippen LogP) is 3.60. The van der Waals surface area contributed by atoms with Gasteiger partial charge in [-0.05, 0) is 96.4 Å². The summed E-state index contributed by atoms with van der Waals surface area (Å²) in [7, 11) is -5.12. The summed E-state index contributed by atoms with van der Waals surface area (Å²) in [6.07, 6.45) is 8.23. The summed E-state index contributed by atoms with van der Waals surface area (Å²) in [6.45, 7) is 4.83. The standard InChI is InChI=1S/C37H37N3O6S2.Na/c1-5-39(33-10-9-11-34(26-33)47(41,42)43)31-22-16-28(17-23-31)37(27-14-20-30(21-15-27)38(3)4)29-18-24-32(25-19-29)40(6-2)35-12-7-8-13-36(35)48(44,45)46;/h7-12,14-26H,5-6H2,1-4H3,(H,41,42,43)(H,44,45,46);/q;+1/p-1. The van der Waals surface area contributed by atoms with E-state index in [1.54, 1.807) is 29.2 Å². The van der Waals surface area contributed by atoms with Gasteiger partial charge >= 0.3 is 29.6 Å². The molecule has 1 N–H and O–H groups in total. The van der Waals surface area contributed by atoms with Gasteiger partial charge in [-0.2, -0.15) is 26.6 Å². The van der Waals surface area contributed by atoms with Crippen LogP contribution in [-0.2, 0) is 20.2 Å². The average Bonchev–Trinajstić information content (AvgIpc) is 3.07. The Bertz CT molecular complexity index is 2150. The van der Waals surface area contributed by atoms with E-state index >= 15 is 0 Å². The molecule has 4 aromatic carbocycles. The molecule has 4 aromatic rings. The van der Waals surface area contributed by atoms with Crippen molar-refractivity contribution in [1.82, 2.24) is 0 Å². The molecule has 5 rings (SSSR count). The van der Waals surface area contributed by atoms with Crippen LogP contribution in [0.3, 0.4) is 0 Å². The fourth-order valence-electron chi connectivity index (χ4n) is 5.69. The Kier molecular flexibility index (Phi) is 12.3. The molecule has 1 aliphatic rings. The molecule has 0 fully saturated rings. The van der Waals surface area contributed by atoms with Crippen LogP contribution in [0.15, 0.2) is 131 Å². The summed E-state index contributed by atoms with van der Waals surface area (Å²) >= 11 is 0. The van der Waals surface area contributed by atoms with Crippen molar-refractivity contribution in [2.24, 2.45) is 0 Å². The molecule has 0 bridgehead atoms. The van der Waals surface area contributed by atoms with Crippen molar-refractivity contribution in [3.05, 3.63) is 138 Å². The summed E-state index contributed by atoms with van der Waals surface area (Å²) < 4.78 is 71.1. The average molecular weight is 706 g/mol. The van der Waals surface area contributed by atoms with Gasteiger partial charge in [0.2, 0.25) is 0 Å². The Hall–Kier alpha value is -3.81. The third-order valence-electron chi connectivity index (χ3n) is 8.00. The molecule has 49 heavy (non-hydrogen) atoms. The predicted molar refractivity (Wildman–Crippen MR) is 189 cm³/mol. The van der Waals surface area contributed by atoms with E-state index in [4.69, 9.17) is 0 Å².